The minimum Gasteiger partial charge on any atom is -0.370 e. The minimum absolute atomic E-state index is 0.0292. The van der Waals surface area contributed by atoms with Gasteiger partial charge in [0.05, 0.1) is 0 Å². The molecule has 58 heavy (non-hydrogen) atoms. The van der Waals surface area contributed by atoms with Crippen LogP contribution in [0.5, 0.6) is 0 Å². The number of nitrogens with zero attached hydrogens (tertiary/aromatic N) is 1. The van der Waals surface area contributed by atoms with Crippen molar-refractivity contribution in [3.8, 4) is 0 Å². The average molecular weight is 819 g/mol. The van der Waals surface area contributed by atoms with E-state index in [1.54, 1.807) is 0 Å². The molecule has 0 radical (unpaired) electrons. The molecule has 0 bridgehead atoms. The Morgan fingerprint density at radius 3 is 2.10 bits per heavy atom. The zero-order valence-electron chi connectivity index (χ0n) is 33.1. The first kappa shape index (κ1) is 48.3. The van der Waals surface area contributed by atoms with Crippen LogP contribution in [0.4, 0.5) is 4.39 Å². The number of primary amides is 1. The van der Waals surface area contributed by atoms with Crippen molar-refractivity contribution in [2.24, 2.45) is 27.9 Å². The van der Waals surface area contributed by atoms with E-state index in [0.29, 0.717) is 12.8 Å². The lowest BCUT2D eigenvalue weighted by molar-refractivity contribution is -0.135. The van der Waals surface area contributed by atoms with Gasteiger partial charge in [-0.25, -0.2) is 4.39 Å². The highest BCUT2D eigenvalue weighted by atomic mass is 19.1. The highest BCUT2D eigenvalue weighted by Crippen LogP contribution is 2.12. The Labute approximate surface area is 336 Å². The van der Waals surface area contributed by atoms with E-state index in [1.165, 1.54) is 31.2 Å². The van der Waals surface area contributed by atoms with Gasteiger partial charge < -0.3 is 60.2 Å². The van der Waals surface area contributed by atoms with Crippen molar-refractivity contribution in [1.29, 1.82) is 0 Å². The van der Waals surface area contributed by atoms with E-state index in [0.717, 1.165) is 0 Å². The van der Waals surface area contributed by atoms with Gasteiger partial charge in [0.15, 0.2) is 5.96 Å². The van der Waals surface area contributed by atoms with Crippen LogP contribution in [0.1, 0.15) is 83.6 Å². The average Bonchev–Trinajstić information content (AvgIpc) is 3.16. The van der Waals surface area contributed by atoms with Crippen molar-refractivity contribution in [2.45, 2.75) is 121 Å². The van der Waals surface area contributed by atoms with Gasteiger partial charge in [0.2, 0.25) is 47.3 Å². The molecule has 1 aliphatic heterocycles. The number of nitrogens with two attached hydrogens (primary N) is 4. The van der Waals surface area contributed by atoms with Gasteiger partial charge in [0.25, 0.3) is 0 Å². The summed E-state index contributed by atoms with van der Waals surface area (Å²) < 4.78 is 15.0. The molecule has 8 amide bonds. The van der Waals surface area contributed by atoms with Gasteiger partial charge in [-0.05, 0) is 63.1 Å². The van der Waals surface area contributed by atoms with Gasteiger partial charge in [-0.2, -0.15) is 0 Å². The fraction of sp³-hybridized carbons (Fsp3) is 0.595. The molecular formula is C37H59FN12O8. The molecule has 1 aliphatic rings. The summed E-state index contributed by atoms with van der Waals surface area (Å²) in [7, 11) is 0. The summed E-state index contributed by atoms with van der Waals surface area (Å²) in [5, 5.41) is 18.0. The predicted molar refractivity (Wildman–Crippen MR) is 211 cm³/mol. The second kappa shape index (κ2) is 25.4. The van der Waals surface area contributed by atoms with Crippen LogP contribution in [-0.2, 0) is 44.8 Å². The van der Waals surface area contributed by atoms with Gasteiger partial charge in [-0.15, -0.1) is 0 Å². The number of carbonyl (C=O) groups excluding carboxylic acids is 8. The summed E-state index contributed by atoms with van der Waals surface area (Å²) >= 11 is 0. The lowest BCUT2D eigenvalue weighted by Crippen LogP contribution is -2.60. The molecule has 15 N–H and O–H groups in total. The first-order valence-corrected chi connectivity index (χ1v) is 19.4. The van der Waals surface area contributed by atoms with Crippen LogP contribution in [0.15, 0.2) is 29.3 Å². The highest BCUT2D eigenvalue weighted by Gasteiger charge is 2.34. The number of guanidine groups is 1. The van der Waals surface area contributed by atoms with Gasteiger partial charge in [-0.1, -0.05) is 38.0 Å². The van der Waals surface area contributed by atoms with Crippen molar-refractivity contribution < 1.29 is 42.7 Å². The van der Waals surface area contributed by atoms with Gasteiger partial charge in [0.1, 0.15) is 42.1 Å². The third-order valence-electron chi connectivity index (χ3n) is 9.17. The Morgan fingerprint density at radius 1 is 0.862 bits per heavy atom. The predicted octanol–water partition coefficient (Wildman–Crippen LogP) is -2.94. The van der Waals surface area contributed by atoms with Crippen LogP contribution in [0.2, 0.25) is 0 Å². The number of carbonyl (C=O) groups is 8. The monoisotopic (exact) mass is 818 g/mol. The minimum atomic E-state index is -1.52. The van der Waals surface area contributed by atoms with E-state index < -0.39 is 89.3 Å². The third-order valence-corrected chi connectivity index (χ3v) is 9.17. The molecule has 1 heterocycles. The summed E-state index contributed by atoms with van der Waals surface area (Å²) in [5.41, 5.74) is 22.2. The van der Waals surface area contributed by atoms with Gasteiger partial charge in [-0.3, -0.25) is 43.3 Å². The Hall–Kier alpha value is -5.86. The maximum absolute atomic E-state index is 15.0. The number of nitrogens with one attached hydrogen (secondary N) is 7. The normalized spacial score (nSPS) is 21.9. The molecule has 0 spiro atoms. The molecule has 1 aromatic rings. The number of aliphatic imine (C=N–C) groups is 1. The molecule has 0 aliphatic carbocycles. The molecule has 0 saturated carbocycles. The largest absolute Gasteiger partial charge is 0.370 e. The Morgan fingerprint density at radius 2 is 1.48 bits per heavy atom. The van der Waals surface area contributed by atoms with Crippen LogP contribution in [-0.4, -0.2) is 109 Å². The number of rotatable bonds is 16. The quantitative estimate of drug-likeness (QED) is 0.0456. The number of hydrogen-bond donors (Lipinski definition) is 11. The molecule has 20 nitrogen and oxygen atoms in total. The van der Waals surface area contributed by atoms with E-state index in [2.05, 4.69) is 42.2 Å². The molecule has 0 aromatic heterocycles. The second-order valence-electron chi connectivity index (χ2n) is 14.0. The molecule has 1 fully saturated rings. The van der Waals surface area contributed by atoms with Gasteiger partial charge in [0, 0.05) is 32.9 Å². The van der Waals surface area contributed by atoms with Crippen LogP contribution in [0.25, 0.3) is 0 Å². The standard InChI is InChI=1S/C37H59FN12O8/c1-3-4-11-25(45-21(2)51)32(54)49-28-14-15-30(52)43-19-16-24(31(40)53)46-33(55)27(13-8-18-44-37(41)42)48-36(58)29(20-22-9-5-6-10-23(22)38)50-34(56)26(12-7-17-39)47-35(28)57/h5-6,9-10,24-29H,3-4,7-8,11-20,39H2,1-2H3,(H2,40,53)(H,43,52)(H,45,51)(H,46,55)(H,47,57)(H,48,58)(H,49,54)(H,50,56)(H4,41,42,44). The number of amides is 8. The molecule has 6 unspecified atom stereocenters. The van der Waals surface area contributed by atoms with Crippen LogP contribution in [0, 0.1) is 5.82 Å². The van der Waals surface area contributed by atoms with E-state index in [9.17, 15) is 42.7 Å². The highest BCUT2D eigenvalue weighted by molar-refractivity contribution is 5.97. The topological polar surface area (TPSA) is 337 Å². The molecule has 1 aromatic carbocycles. The summed E-state index contributed by atoms with van der Waals surface area (Å²) in [6.07, 6.45) is 0.744. The summed E-state index contributed by atoms with van der Waals surface area (Å²) in [5.74, 6) is -7.05. The lowest BCUT2D eigenvalue weighted by atomic mass is 10.0. The molecule has 21 heteroatoms. The zero-order chi connectivity index (χ0) is 43.2. The first-order valence-electron chi connectivity index (χ1n) is 19.4. The van der Waals surface area contributed by atoms with Crippen LogP contribution >= 0.6 is 0 Å². The van der Waals surface area contributed by atoms with Crippen molar-refractivity contribution in [1.82, 2.24) is 37.2 Å². The second-order valence-corrected chi connectivity index (χ2v) is 14.0. The van der Waals surface area contributed by atoms with Crippen LogP contribution in [0.3, 0.4) is 0 Å². The summed E-state index contributed by atoms with van der Waals surface area (Å²) in [6.45, 7) is 3.17. The fourth-order valence-corrected chi connectivity index (χ4v) is 6.01. The number of halogens is 1. The van der Waals surface area contributed by atoms with Crippen LogP contribution < -0.4 is 60.2 Å². The van der Waals surface area contributed by atoms with E-state index in [1.807, 2.05) is 6.92 Å². The molecule has 2 rings (SSSR count). The Bertz CT molecular complexity index is 1630. The maximum atomic E-state index is 15.0. The van der Waals surface area contributed by atoms with E-state index in [4.69, 9.17) is 22.9 Å². The van der Waals surface area contributed by atoms with Crippen molar-refractivity contribution in [2.75, 3.05) is 19.6 Å². The third kappa shape index (κ3) is 17.5. The lowest BCUT2D eigenvalue weighted by Gasteiger charge is -2.27. The fourth-order valence-electron chi connectivity index (χ4n) is 6.01. The van der Waals surface area contributed by atoms with Crippen molar-refractivity contribution in [3.05, 3.63) is 35.6 Å². The van der Waals surface area contributed by atoms with Crippen molar-refractivity contribution in [3.63, 3.8) is 0 Å². The summed E-state index contributed by atoms with van der Waals surface area (Å²) in [4.78, 5) is 110. The van der Waals surface area contributed by atoms with E-state index >= 15 is 0 Å². The van der Waals surface area contributed by atoms with Gasteiger partial charge >= 0.3 is 0 Å². The smallest absolute Gasteiger partial charge is 0.243 e. The number of benzene rings is 1. The molecule has 322 valence electrons. The Balaban J connectivity index is 2.61. The maximum Gasteiger partial charge on any atom is 0.243 e. The zero-order valence-corrected chi connectivity index (χ0v) is 33.1. The SMILES string of the molecule is CCCCC(NC(C)=O)C(=O)NC1CCC(=O)NCCC(C(N)=O)NC(=O)C(CCCN=C(N)N)NC(=O)C(Cc2ccccc2F)NC(=O)C(CCCN)NC1=O. The van der Waals surface area contributed by atoms with E-state index in [-0.39, 0.29) is 88.9 Å². The number of unbranched alkanes of at least 4 members (excludes halogenated alkanes) is 1. The Kier molecular flexibility index (Phi) is 21.2. The first-order chi connectivity index (χ1) is 27.6. The molecular weight excluding hydrogens is 759 g/mol. The summed E-state index contributed by atoms with van der Waals surface area (Å²) in [6, 6.07) is -2.35. The molecule has 6 atom stereocenters. The molecule has 1 saturated heterocycles. The van der Waals surface area contributed by atoms with Crippen molar-refractivity contribution >= 4 is 53.2 Å². The number of hydrogen-bond acceptors (Lipinski definition) is 10.